The van der Waals surface area contributed by atoms with Crippen LogP contribution in [0, 0.1) is 0 Å². The third-order valence-corrected chi connectivity index (χ3v) is 2.32. The van der Waals surface area contributed by atoms with Crippen LogP contribution in [-0.2, 0) is 6.54 Å². The molecule has 0 amide bonds. The van der Waals surface area contributed by atoms with Crippen molar-refractivity contribution in [3.8, 4) is 0 Å². The normalized spacial score (nSPS) is 12.3. The van der Waals surface area contributed by atoms with E-state index in [4.69, 9.17) is 0 Å². The molecule has 1 N–H and O–H groups in total. The molecule has 0 fully saturated rings. The summed E-state index contributed by atoms with van der Waals surface area (Å²) in [5.74, 6) is 0.797. The lowest BCUT2D eigenvalue weighted by Crippen LogP contribution is -2.20. The summed E-state index contributed by atoms with van der Waals surface area (Å²) in [6, 6.07) is 7.91. The van der Waals surface area contributed by atoms with Gasteiger partial charge in [0.1, 0.15) is 5.82 Å². The molecular formula is C12H14N4. The molecule has 16 heavy (non-hydrogen) atoms. The second-order valence-corrected chi connectivity index (χ2v) is 3.52. The van der Waals surface area contributed by atoms with Gasteiger partial charge >= 0.3 is 0 Å². The van der Waals surface area contributed by atoms with E-state index in [1.54, 1.807) is 18.6 Å². The summed E-state index contributed by atoms with van der Waals surface area (Å²) in [6.07, 6.45) is 5.29. The zero-order valence-electron chi connectivity index (χ0n) is 9.17. The van der Waals surface area contributed by atoms with Crippen LogP contribution in [0.25, 0.3) is 0 Å². The molecule has 0 saturated heterocycles. The summed E-state index contributed by atoms with van der Waals surface area (Å²) in [4.78, 5) is 12.6. The molecule has 4 nitrogen and oxygen atoms in total. The highest BCUT2D eigenvalue weighted by Crippen LogP contribution is 2.07. The van der Waals surface area contributed by atoms with Gasteiger partial charge in [0, 0.05) is 24.6 Å². The Hall–Kier alpha value is -1.81. The van der Waals surface area contributed by atoms with Crippen LogP contribution in [0.3, 0.4) is 0 Å². The maximum Gasteiger partial charge on any atom is 0.141 e. The van der Waals surface area contributed by atoms with E-state index >= 15 is 0 Å². The molecule has 2 aromatic heterocycles. The largest absolute Gasteiger partial charge is 0.302 e. The van der Waals surface area contributed by atoms with Gasteiger partial charge in [-0.1, -0.05) is 6.07 Å². The van der Waals surface area contributed by atoms with E-state index in [1.807, 2.05) is 24.3 Å². The molecule has 0 bridgehead atoms. The smallest absolute Gasteiger partial charge is 0.141 e. The van der Waals surface area contributed by atoms with E-state index in [1.165, 1.54) is 0 Å². The second-order valence-electron chi connectivity index (χ2n) is 3.52. The van der Waals surface area contributed by atoms with Crippen molar-refractivity contribution in [3.05, 3.63) is 54.4 Å². The first kappa shape index (κ1) is 10.7. The first-order chi connectivity index (χ1) is 7.86. The highest BCUT2D eigenvalue weighted by molar-refractivity contribution is 5.07. The van der Waals surface area contributed by atoms with E-state index in [0.717, 1.165) is 11.5 Å². The maximum absolute atomic E-state index is 4.29. The van der Waals surface area contributed by atoms with Crippen LogP contribution >= 0.6 is 0 Å². The van der Waals surface area contributed by atoms with Gasteiger partial charge in [-0.3, -0.25) is 4.98 Å². The summed E-state index contributed by atoms with van der Waals surface area (Å²) in [7, 11) is 0. The molecule has 0 aliphatic rings. The number of aromatic nitrogens is 3. The molecule has 2 aromatic rings. The lowest BCUT2D eigenvalue weighted by atomic mass is 10.2. The van der Waals surface area contributed by atoms with Crippen molar-refractivity contribution in [3.63, 3.8) is 0 Å². The number of hydrogen-bond donors (Lipinski definition) is 1. The Kier molecular flexibility index (Phi) is 3.56. The van der Waals surface area contributed by atoms with Crippen molar-refractivity contribution in [2.75, 3.05) is 0 Å². The van der Waals surface area contributed by atoms with Crippen molar-refractivity contribution in [1.29, 1.82) is 0 Å². The fraction of sp³-hybridized carbons (Fsp3) is 0.250. The van der Waals surface area contributed by atoms with Gasteiger partial charge in [0.15, 0.2) is 0 Å². The first-order valence-electron chi connectivity index (χ1n) is 5.26. The predicted octanol–water partition coefficient (Wildman–Crippen LogP) is 1.72. The number of nitrogens with one attached hydrogen (secondary N) is 1. The molecule has 0 radical (unpaired) electrons. The predicted molar refractivity (Wildman–Crippen MR) is 61.5 cm³/mol. The van der Waals surface area contributed by atoms with Crippen molar-refractivity contribution in [2.24, 2.45) is 0 Å². The van der Waals surface area contributed by atoms with E-state index in [-0.39, 0.29) is 6.04 Å². The zero-order chi connectivity index (χ0) is 11.2. The van der Waals surface area contributed by atoms with Crippen LogP contribution in [0.1, 0.15) is 24.5 Å². The Bertz CT molecular complexity index is 416. The van der Waals surface area contributed by atoms with Crippen LogP contribution < -0.4 is 5.32 Å². The van der Waals surface area contributed by atoms with Gasteiger partial charge in [0.2, 0.25) is 0 Å². The molecule has 0 aromatic carbocycles. The molecule has 4 heteroatoms. The summed E-state index contributed by atoms with van der Waals surface area (Å²) in [5, 5.41) is 3.33. The molecule has 1 atom stereocenters. The molecular weight excluding hydrogens is 200 g/mol. The van der Waals surface area contributed by atoms with Gasteiger partial charge in [-0.25, -0.2) is 9.97 Å². The van der Waals surface area contributed by atoms with E-state index in [0.29, 0.717) is 6.54 Å². The van der Waals surface area contributed by atoms with Gasteiger partial charge in [0.05, 0.1) is 12.2 Å². The number of nitrogens with zero attached hydrogens (tertiary/aromatic N) is 3. The molecule has 2 rings (SSSR count). The van der Waals surface area contributed by atoms with Crippen molar-refractivity contribution in [2.45, 2.75) is 19.5 Å². The fourth-order valence-electron chi connectivity index (χ4n) is 1.40. The Morgan fingerprint density at radius 1 is 1.06 bits per heavy atom. The van der Waals surface area contributed by atoms with Gasteiger partial charge in [-0.05, 0) is 25.1 Å². The fourth-order valence-corrected chi connectivity index (χ4v) is 1.40. The Morgan fingerprint density at radius 3 is 2.50 bits per heavy atom. The molecule has 0 aliphatic heterocycles. The molecule has 2 heterocycles. The molecule has 0 spiro atoms. The SMILES string of the molecule is CC(NCc1ncccn1)c1ccccn1. The van der Waals surface area contributed by atoms with E-state index < -0.39 is 0 Å². The Balaban J connectivity index is 1.92. The highest BCUT2D eigenvalue weighted by Gasteiger charge is 2.05. The van der Waals surface area contributed by atoms with Gasteiger partial charge in [0.25, 0.3) is 0 Å². The number of pyridine rings is 1. The van der Waals surface area contributed by atoms with E-state index in [9.17, 15) is 0 Å². The number of rotatable bonds is 4. The zero-order valence-corrected chi connectivity index (χ0v) is 9.17. The van der Waals surface area contributed by atoms with Crippen LogP contribution in [0.15, 0.2) is 42.9 Å². The Labute approximate surface area is 94.8 Å². The summed E-state index contributed by atoms with van der Waals surface area (Å²) >= 11 is 0. The lowest BCUT2D eigenvalue weighted by Gasteiger charge is -2.11. The molecule has 0 aliphatic carbocycles. The Morgan fingerprint density at radius 2 is 1.81 bits per heavy atom. The van der Waals surface area contributed by atoms with Crippen molar-refractivity contribution >= 4 is 0 Å². The van der Waals surface area contributed by atoms with Crippen LogP contribution in [0.4, 0.5) is 0 Å². The quantitative estimate of drug-likeness (QED) is 0.842. The van der Waals surface area contributed by atoms with Crippen molar-refractivity contribution < 1.29 is 0 Å². The van der Waals surface area contributed by atoms with E-state index in [2.05, 4.69) is 27.2 Å². The van der Waals surface area contributed by atoms with Crippen molar-refractivity contribution in [1.82, 2.24) is 20.3 Å². The standard InChI is InChI=1S/C12H14N4/c1-10(11-5-2-3-6-13-11)16-9-12-14-7-4-8-15-12/h2-8,10,16H,9H2,1H3. The third kappa shape index (κ3) is 2.84. The van der Waals surface area contributed by atoms with Crippen LogP contribution in [0.2, 0.25) is 0 Å². The minimum atomic E-state index is 0.199. The van der Waals surface area contributed by atoms with Crippen LogP contribution in [0.5, 0.6) is 0 Å². The lowest BCUT2D eigenvalue weighted by molar-refractivity contribution is 0.547. The van der Waals surface area contributed by atoms with Gasteiger partial charge < -0.3 is 5.32 Å². The monoisotopic (exact) mass is 214 g/mol. The summed E-state index contributed by atoms with van der Waals surface area (Å²) < 4.78 is 0. The summed E-state index contributed by atoms with van der Waals surface area (Å²) in [5.41, 5.74) is 1.03. The van der Waals surface area contributed by atoms with Crippen LogP contribution in [-0.4, -0.2) is 15.0 Å². The molecule has 0 saturated carbocycles. The minimum Gasteiger partial charge on any atom is -0.302 e. The first-order valence-corrected chi connectivity index (χ1v) is 5.26. The molecule has 1 unspecified atom stereocenters. The van der Waals surface area contributed by atoms with Gasteiger partial charge in [-0.2, -0.15) is 0 Å². The average molecular weight is 214 g/mol. The second kappa shape index (κ2) is 5.32. The molecule has 82 valence electrons. The minimum absolute atomic E-state index is 0.199. The third-order valence-electron chi connectivity index (χ3n) is 2.32. The highest BCUT2D eigenvalue weighted by atomic mass is 15.0. The topological polar surface area (TPSA) is 50.7 Å². The number of hydrogen-bond acceptors (Lipinski definition) is 4. The average Bonchev–Trinajstić information content (AvgIpc) is 2.38. The van der Waals surface area contributed by atoms with Gasteiger partial charge in [-0.15, -0.1) is 0 Å². The maximum atomic E-state index is 4.29. The summed E-state index contributed by atoms with van der Waals surface area (Å²) in [6.45, 7) is 2.73.